The molecule has 0 saturated carbocycles. The molecule has 0 unspecified atom stereocenters. The van der Waals surface area contributed by atoms with E-state index in [1.54, 1.807) is 29.0 Å². The van der Waals surface area contributed by atoms with Crippen molar-refractivity contribution < 1.29 is 9.18 Å². The molecular formula is C17H19FN4O. The average molecular weight is 314 g/mol. The van der Waals surface area contributed by atoms with E-state index in [0.29, 0.717) is 30.2 Å². The van der Waals surface area contributed by atoms with Gasteiger partial charge in [-0.1, -0.05) is 12.1 Å². The smallest absolute Gasteiger partial charge is 0.260 e. The van der Waals surface area contributed by atoms with Crippen LogP contribution in [-0.2, 0) is 0 Å². The van der Waals surface area contributed by atoms with Crippen LogP contribution in [0.25, 0.3) is 0 Å². The lowest BCUT2D eigenvalue weighted by Crippen LogP contribution is -2.36. The molecule has 0 N–H and O–H groups in total. The molecule has 0 fully saturated rings. The van der Waals surface area contributed by atoms with Gasteiger partial charge in [0.2, 0.25) is 5.95 Å². The van der Waals surface area contributed by atoms with E-state index in [-0.39, 0.29) is 5.91 Å². The molecule has 0 spiro atoms. The van der Waals surface area contributed by atoms with E-state index in [9.17, 15) is 9.18 Å². The maximum absolute atomic E-state index is 13.7. The minimum atomic E-state index is -0.560. The first kappa shape index (κ1) is 15.4. The lowest BCUT2D eigenvalue weighted by molar-refractivity contribution is 0.0986. The van der Waals surface area contributed by atoms with Crippen molar-refractivity contribution in [2.45, 2.75) is 0 Å². The monoisotopic (exact) mass is 314 g/mol. The first-order valence-electron chi connectivity index (χ1n) is 7.45. The van der Waals surface area contributed by atoms with Gasteiger partial charge in [0.1, 0.15) is 0 Å². The van der Waals surface area contributed by atoms with Crippen molar-refractivity contribution in [1.82, 2.24) is 9.88 Å². The number of carbonyl (C=O) groups excluding carboxylic acids is 1. The number of carbonyl (C=O) groups is 1. The number of anilines is 3. The number of para-hydroxylation sites is 1. The maximum Gasteiger partial charge on any atom is 0.260 e. The van der Waals surface area contributed by atoms with Crippen molar-refractivity contribution >= 4 is 23.1 Å². The predicted molar refractivity (Wildman–Crippen MR) is 88.9 cm³/mol. The molecule has 1 aliphatic rings. The zero-order valence-electron chi connectivity index (χ0n) is 13.5. The zero-order chi connectivity index (χ0) is 16.6. The lowest BCUT2D eigenvalue weighted by atomic mass is 10.1. The maximum atomic E-state index is 13.7. The van der Waals surface area contributed by atoms with Crippen molar-refractivity contribution in [3.8, 4) is 0 Å². The Kier molecular flexibility index (Phi) is 4.00. The van der Waals surface area contributed by atoms with Crippen LogP contribution in [0.1, 0.15) is 10.4 Å². The largest absolute Gasteiger partial charge is 0.327 e. The molecule has 1 aliphatic heterocycles. The highest BCUT2D eigenvalue weighted by molar-refractivity contribution is 6.13. The Morgan fingerprint density at radius 3 is 2.61 bits per heavy atom. The van der Waals surface area contributed by atoms with Crippen LogP contribution in [0.4, 0.5) is 21.6 Å². The highest BCUT2D eigenvalue weighted by atomic mass is 19.1. The third kappa shape index (κ3) is 2.77. The quantitative estimate of drug-likeness (QED) is 0.816. The molecule has 0 aliphatic carbocycles. The van der Waals surface area contributed by atoms with Gasteiger partial charge < -0.3 is 14.7 Å². The summed E-state index contributed by atoms with van der Waals surface area (Å²) in [5.41, 5.74) is 1.94. The van der Waals surface area contributed by atoms with E-state index < -0.39 is 5.95 Å². The van der Waals surface area contributed by atoms with Gasteiger partial charge in [-0.15, -0.1) is 0 Å². The Balaban J connectivity index is 2.17. The van der Waals surface area contributed by atoms with Crippen molar-refractivity contribution in [3.63, 3.8) is 0 Å². The van der Waals surface area contributed by atoms with Gasteiger partial charge in [0.05, 0.1) is 16.9 Å². The van der Waals surface area contributed by atoms with Gasteiger partial charge in [0.15, 0.2) is 5.82 Å². The number of amides is 1. The minimum absolute atomic E-state index is 0.0959. The van der Waals surface area contributed by atoms with Gasteiger partial charge in [-0.2, -0.15) is 9.37 Å². The average Bonchev–Trinajstić information content (AvgIpc) is 2.62. The molecule has 1 aromatic heterocycles. The number of benzene rings is 1. The fourth-order valence-corrected chi connectivity index (χ4v) is 2.71. The first-order chi connectivity index (χ1) is 11.0. The molecule has 120 valence electrons. The summed E-state index contributed by atoms with van der Waals surface area (Å²) in [6.45, 7) is 1.21. The summed E-state index contributed by atoms with van der Waals surface area (Å²) in [7, 11) is 5.70. The Labute approximate surface area is 134 Å². The highest BCUT2D eigenvalue weighted by Crippen LogP contribution is 2.38. The van der Waals surface area contributed by atoms with Gasteiger partial charge in [-0.3, -0.25) is 4.79 Å². The summed E-state index contributed by atoms with van der Waals surface area (Å²) in [4.78, 5) is 22.5. The van der Waals surface area contributed by atoms with Crippen molar-refractivity contribution in [1.29, 1.82) is 0 Å². The van der Waals surface area contributed by atoms with Crippen molar-refractivity contribution in [2.75, 3.05) is 44.0 Å². The Bertz CT molecular complexity index is 747. The zero-order valence-corrected chi connectivity index (χ0v) is 13.5. The minimum Gasteiger partial charge on any atom is -0.327 e. The van der Waals surface area contributed by atoms with E-state index in [1.807, 2.05) is 37.2 Å². The van der Waals surface area contributed by atoms with Gasteiger partial charge >= 0.3 is 0 Å². The number of likely N-dealkylation sites (N-methyl/N-ethyl adjacent to an activating group) is 1. The summed E-state index contributed by atoms with van der Waals surface area (Å²) in [6.07, 6.45) is 0. The van der Waals surface area contributed by atoms with Crippen molar-refractivity contribution in [2.24, 2.45) is 0 Å². The Morgan fingerprint density at radius 1 is 1.13 bits per heavy atom. The topological polar surface area (TPSA) is 39.7 Å². The molecule has 1 amide bonds. The van der Waals surface area contributed by atoms with E-state index >= 15 is 0 Å². The molecule has 5 nitrogen and oxygen atoms in total. The summed E-state index contributed by atoms with van der Waals surface area (Å²) in [5, 5.41) is 0. The molecule has 6 heteroatoms. The van der Waals surface area contributed by atoms with Crippen LogP contribution in [0.3, 0.4) is 0 Å². The second-order valence-electron chi connectivity index (χ2n) is 5.81. The number of hydrogen-bond acceptors (Lipinski definition) is 4. The molecule has 0 radical (unpaired) electrons. The number of pyridine rings is 1. The number of hydrogen-bond donors (Lipinski definition) is 0. The van der Waals surface area contributed by atoms with Gasteiger partial charge in [0, 0.05) is 20.1 Å². The van der Waals surface area contributed by atoms with E-state index in [0.717, 1.165) is 5.69 Å². The summed E-state index contributed by atoms with van der Waals surface area (Å²) in [6, 6.07) is 10.2. The van der Waals surface area contributed by atoms with Gasteiger partial charge in [-0.25, -0.2) is 0 Å². The third-order valence-corrected chi connectivity index (χ3v) is 3.94. The molecule has 2 heterocycles. The Hall–Kier alpha value is -2.47. The highest BCUT2D eigenvalue weighted by Gasteiger charge is 2.30. The fraction of sp³-hybridized carbons (Fsp3) is 0.294. The SMILES string of the molecule is CN(C)CCN1C(=O)c2ccccc2N(C)c2nc(F)ccc21. The number of fused-ring (bicyclic) bond motifs is 2. The number of aromatic nitrogens is 1. The Morgan fingerprint density at radius 2 is 1.87 bits per heavy atom. The second kappa shape index (κ2) is 5.96. The van der Waals surface area contributed by atoms with Crippen LogP contribution >= 0.6 is 0 Å². The summed E-state index contributed by atoms with van der Waals surface area (Å²) in [5.74, 6) is -0.210. The van der Waals surface area contributed by atoms with Crippen LogP contribution in [0.2, 0.25) is 0 Å². The molecule has 2 aromatic rings. The van der Waals surface area contributed by atoms with Crippen molar-refractivity contribution in [3.05, 3.63) is 47.9 Å². The van der Waals surface area contributed by atoms with E-state index in [4.69, 9.17) is 0 Å². The lowest BCUT2D eigenvalue weighted by Gasteiger charge is -2.24. The summed E-state index contributed by atoms with van der Waals surface area (Å²) >= 11 is 0. The number of rotatable bonds is 3. The van der Waals surface area contributed by atoms with E-state index in [2.05, 4.69) is 4.98 Å². The second-order valence-corrected chi connectivity index (χ2v) is 5.81. The third-order valence-electron chi connectivity index (χ3n) is 3.94. The van der Waals surface area contributed by atoms with E-state index in [1.165, 1.54) is 6.07 Å². The molecular weight excluding hydrogens is 295 g/mol. The molecule has 3 rings (SSSR count). The first-order valence-corrected chi connectivity index (χ1v) is 7.45. The molecule has 0 bridgehead atoms. The molecule has 0 saturated heterocycles. The molecule has 0 atom stereocenters. The van der Waals surface area contributed by atoms with Crippen LogP contribution < -0.4 is 9.80 Å². The molecule has 1 aromatic carbocycles. The fourth-order valence-electron chi connectivity index (χ4n) is 2.71. The number of nitrogens with zero attached hydrogens (tertiary/aromatic N) is 4. The standard InChI is InChI=1S/C17H19FN4O/c1-20(2)10-11-22-14-8-9-15(18)19-16(14)21(3)13-7-5-4-6-12(13)17(22)23/h4-9H,10-11H2,1-3H3. The van der Waals surface area contributed by atoms with Crippen LogP contribution in [0.15, 0.2) is 36.4 Å². The predicted octanol–water partition coefficient (Wildman–Crippen LogP) is 2.51. The molecule has 23 heavy (non-hydrogen) atoms. The van der Waals surface area contributed by atoms with Gasteiger partial charge in [-0.05, 0) is 38.4 Å². The van der Waals surface area contributed by atoms with Gasteiger partial charge in [0.25, 0.3) is 5.91 Å². The van der Waals surface area contributed by atoms with Crippen LogP contribution in [0, 0.1) is 5.95 Å². The number of halogens is 1. The summed E-state index contributed by atoms with van der Waals surface area (Å²) < 4.78 is 13.7. The normalized spacial score (nSPS) is 13.9. The van der Waals surface area contributed by atoms with Crippen LogP contribution in [0.5, 0.6) is 0 Å². The van der Waals surface area contributed by atoms with Crippen LogP contribution in [-0.4, -0.2) is 50.0 Å².